The predicted molar refractivity (Wildman–Crippen MR) is 71.7 cm³/mol. The van der Waals surface area contributed by atoms with E-state index in [1.165, 1.54) is 6.07 Å². The lowest BCUT2D eigenvalue weighted by Gasteiger charge is -2.24. The van der Waals surface area contributed by atoms with Gasteiger partial charge in [0.15, 0.2) is 0 Å². The van der Waals surface area contributed by atoms with Crippen molar-refractivity contribution >= 4 is 15.7 Å². The summed E-state index contributed by atoms with van der Waals surface area (Å²) in [6, 6.07) is 3.28. The fourth-order valence-corrected chi connectivity index (χ4v) is 2.72. The highest BCUT2D eigenvalue weighted by atomic mass is 32.2. The average molecular weight is 290 g/mol. The molecule has 1 aromatic carbocycles. The second-order valence-corrected chi connectivity index (χ2v) is 6.47. The quantitative estimate of drug-likeness (QED) is 0.778. The number of hydrogen-bond donors (Lipinski definition) is 2. The third-order valence-electron chi connectivity index (χ3n) is 2.50. The molecule has 0 aromatic heterocycles. The van der Waals surface area contributed by atoms with Crippen LogP contribution in [-0.4, -0.2) is 27.2 Å². The molecular weight excluding hydrogens is 271 g/mol. The third kappa shape index (κ3) is 4.45. The molecule has 3 N–H and O–H groups in total. The molecule has 0 aliphatic rings. The maximum Gasteiger partial charge on any atom is 0.240 e. The Morgan fingerprint density at radius 2 is 2.05 bits per heavy atom. The average Bonchev–Trinajstić information content (AvgIpc) is 2.30. The first-order valence-corrected chi connectivity index (χ1v) is 7.35. The fraction of sp³-hybridized carbons (Fsp3) is 0.500. The number of nitrogens with two attached hydrogens (primary N) is 1. The van der Waals surface area contributed by atoms with E-state index in [9.17, 15) is 12.8 Å². The lowest BCUT2D eigenvalue weighted by molar-refractivity contribution is -0.00515. The van der Waals surface area contributed by atoms with Crippen molar-refractivity contribution in [1.82, 2.24) is 4.72 Å². The number of nitrogen functional groups attached to an aromatic ring is 1. The number of sulfonamides is 1. The first kappa shape index (κ1) is 15.9. The van der Waals surface area contributed by atoms with Crippen molar-refractivity contribution in [2.24, 2.45) is 0 Å². The normalized spacial score (nSPS) is 12.6. The Bertz CT molecular complexity index is 544. The summed E-state index contributed by atoms with van der Waals surface area (Å²) in [7, 11) is -3.73. The summed E-state index contributed by atoms with van der Waals surface area (Å²) in [5, 5.41) is 0. The predicted octanol–water partition coefficient (Wildman–Crippen LogP) is 1.50. The van der Waals surface area contributed by atoms with Gasteiger partial charge in [0.2, 0.25) is 10.0 Å². The minimum atomic E-state index is -3.73. The first-order chi connectivity index (χ1) is 8.68. The molecule has 0 aliphatic carbocycles. The van der Waals surface area contributed by atoms with Gasteiger partial charge in [0.1, 0.15) is 5.82 Å². The van der Waals surface area contributed by atoms with Crippen LogP contribution >= 0.6 is 0 Å². The minimum Gasteiger partial charge on any atom is -0.396 e. The van der Waals surface area contributed by atoms with Crippen LogP contribution in [0.15, 0.2) is 23.1 Å². The standard InChI is InChI=1S/C12H19FN2O3S/c1-4-18-12(2,3)8-15-19(16,17)9-5-6-10(13)11(14)7-9/h5-7,15H,4,8,14H2,1-3H3. The first-order valence-electron chi connectivity index (χ1n) is 5.86. The highest BCUT2D eigenvalue weighted by molar-refractivity contribution is 7.89. The monoisotopic (exact) mass is 290 g/mol. The zero-order valence-electron chi connectivity index (χ0n) is 11.2. The summed E-state index contributed by atoms with van der Waals surface area (Å²) in [5.41, 5.74) is 4.54. The van der Waals surface area contributed by atoms with E-state index in [0.717, 1.165) is 12.1 Å². The van der Waals surface area contributed by atoms with Crippen LogP contribution in [0.5, 0.6) is 0 Å². The smallest absolute Gasteiger partial charge is 0.240 e. The van der Waals surface area contributed by atoms with Crippen LogP contribution in [0.3, 0.4) is 0 Å². The topological polar surface area (TPSA) is 81.4 Å². The molecule has 0 amide bonds. The van der Waals surface area contributed by atoms with E-state index in [-0.39, 0.29) is 17.1 Å². The number of rotatable bonds is 6. The Morgan fingerprint density at radius 3 is 2.58 bits per heavy atom. The van der Waals surface area contributed by atoms with Gasteiger partial charge in [-0.1, -0.05) is 0 Å². The van der Waals surface area contributed by atoms with Crippen molar-refractivity contribution in [3.05, 3.63) is 24.0 Å². The number of anilines is 1. The lowest BCUT2D eigenvalue weighted by Crippen LogP contribution is -2.40. The summed E-state index contributed by atoms with van der Waals surface area (Å²) >= 11 is 0. The van der Waals surface area contributed by atoms with Crippen LogP contribution in [0.25, 0.3) is 0 Å². The van der Waals surface area contributed by atoms with Crippen molar-refractivity contribution in [2.45, 2.75) is 31.3 Å². The van der Waals surface area contributed by atoms with Gasteiger partial charge in [0, 0.05) is 13.2 Å². The van der Waals surface area contributed by atoms with Gasteiger partial charge in [-0.05, 0) is 39.0 Å². The maximum absolute atomic E-state index is 13.0. The Kier molecular flexibility index (Phi) is 4.89. The summed E-state index contributed by atoms with van der Waals surface area (Å²) in [6.45, 7) is 5.98. The molecule has 5 nitrogen and oxygen atoms in total. The van der Waals surface area contributed by atoms with Gasteiger partial charge in [-0.3, -0.25) is 0 Å². The molecule has 108 valence electrons. The summed E-state index contributed by atoms with van der Waals surface area (Å²) < 4.78 is 44.8. The SMILES string of the molecule is CCOC(C)(C)CNS(=O)(=O)c1ccc(F)c(N)c1. The van der Waals surface area contributed by atoms with E-state index in [1.54, 1.807) is 13.8 Å². The van der Waals surface area contributed by atoms with E-state index in [4.69, 9.17) is 10.5 Å². The van der Waals surface area contributed by atoms with E-state index in [1.807, 2.05) is 6.92 Å². The Morgan fingerprint density at radius 1 is 1.42 bits per heavy atom. The van der Waals surface area contributed by atoms with E-state index in [0.29, 0.717) is 6.61 Å². The molecule has 0 aliphatic heterocycles. The summed E-state index contributed by atoms with van der Waals surface area (Å²) in [4.78, 5) is -0.0706. The zero-order chi connectivity index (χ0) is 14.7. The second-order valence-electron chi connectivity index (χ2n) is 4.70. The maximum atomic E-state index is 13.0. The van der Waals surface area contributed by atoms with Crippen LogP contribution in [0, 0.1) is 5.82 Å². The molecule has 0 bridgehead atoms. The third-order valence-corrected chi connectivity index (χ3v) is 3.90. The molecular formula is C12H19FN2O3S. The van der Waals surface area contributed by atoms with Gasteiger partial charge in [-0.2, -0.15) is 0 Å². The fourth-order valence-electron chi connectivity index (χ4n) is 1.48. The van der Waals surface area contributed by atoms with Gasteiger partial charge < -0.3 is 10.5 Å². The largest absolute Gasteiger partial charge is 0.396 e. The van der Waals surface area contributed by atoms with E-state index >= 15 is 0 Å². The highest BCUT2D eigenvalue weighted by Gasteiger charge is 2.22. The van der Waals surface area contributed by atoms with Crippen LogP contribution in [-0.2, 0) is 14.8 Å². The van der Waals surface area contributed by atoms with Crippen LogP contribution in [0.1, 0.15) is 20.8 Å². The molecule has 1 rings (SSSR count). The van der Waals surface area contributed by atoms with Gasteiger partial charge in [-0.15, -0.1) is 0 Å². The molecule has 0 heterocycles. The molecule has 7 heteroatoms. The van der Waals surface area contributed by atoms with Gasteiger partial charge >= 0.3 is 0 Å². The molecule has 0 saturated heterocycles. The van der Waals surface area contributed by atoms with Gasteiger partial charge in [0.05, 0.1) is 16.2 Å². The molecule has 0 radical (unpaired) electrons. The van der Waals surface area contributed by atoms with Crippen molar-refractivity contribution in [3.63, 3.8) is 0 Å². The number of benzene rings is 1. The van der Waals surface area contributed by atoms with Gasteiger partial charge in [-0.25, -0.2) is 17.5 Å². The number of nitrogens with one attached hydrogen (secondary N) is 1. The molecule has 0 fully saturated rings. The highest BCUT2D eigenvalue weighted by Crippen LogP contribution is 2.17. The summed E-state index contributed by atoms with van der Waals surface area (Å²) in [5.74, 6) is -0.645. The number of halogens is 1. The molecule has 19 heavy (non-hydrogen) atoms. The minimum absolute atomic E-state index is 0.0706. The molecule has 0 unspecified atom stereocenters. The number of ether oxygens (including phenoxy) is 1. The zero-order valence-corrected chi connectivity index (χ0v) is 12.1. The van der Waals surface area contributed by atoms with Crippen LogP contribution < -0.4 is 10.5 Å². The van der Waals surface area contributed by atoms with Crippen LogP contribution in [0.2, 0.25) is 0 Å². The van der Waals surface area contributed by atoms with Crippen molar-refractivity contribution in [3.8, 4) is 0 Å². The Labute approximate surface area is 113 Å². The molecule has 1 aromatic rings. The molecule has 0 spiro atoms. The van der Waals surface area contributed by atoms with Crippen LogP contribution in [0.4, 0.5) is 10.1 Å². The Hall–Kier alpha value is -1.18. The molecule has 0 saturated carbocycles. The summed E-state index contributed by atoms with van der Waals surface area (Å²) in [6.07, 6.45) is 0. The van der Waals surface area contributed by atoms with Crippen molar-refractivity contribution < 1.29 is 17.5 Å². The second kappa shape index (κ2) is 5.85. The van der Waals surface area contributed by atoms with Crippen molar-refractivity contribution in [2.75, 3.05) is 18.9 Å². The number of hydrogen-bond acceptors (Lipinski definition) is 4. The van der Waals surface area contributed by atoms with E-state index in [2.05, 4.69) is 4.72 Å². The van der Waals surface area contributed by atoms with E-state index < -0.39 is 21.4 Å². The Balaban J connectivity index is 2.84. The van der Waals surface area contributed by atoms with Crippen molar-refractivity contribution in [1.29, 1.82) is 0 Å². The lowest BCUT2D eigenvalue weighted by atomic mass is 10.1. The van der Waals surface area contributed by atoms with Gasteiger partial charge in [0.25, 0.3) is 0 Å². The molecule has 0 atom stereocenters.